The highest BCUT2D eigenvalue weighted by molar-refractivity contribution is 9.13. The number of nitrogens with one attached hydrogen (secondary N) is 1. The number of pyridine rings is 1. The predicted octanol–water partition coefficient (Wildman–Crippen LogP) is 2.89. The van der Waals surface area contributed by atoms with Gasteiger partial charge in [0, 0.05) is 12.2 Å². The number of hydrogen-bond acceptors (Lipinski definition) is 2. The van der Waals surface area contributed by atoms with E-state index in [1.807, 2.05) is 13.2 Å². The molecule has 0 aliphatic heterocycles. The molecule has 0 fully saturated rings. The van der Waals surface area contributed by atoms with E-state index < -0.39 is 0 Å². The smallest absolute Gasteiger partial charge is 0.120 e. The first-order valence-electron chi connectivity index (χ1n) is 3.63. The summed E-state index contributed by atoms with van der Waals surface area (Å²) in [6.45, 7) is 2.09. The molecule has 0 saturated heterocycles. The molecule has 12 heavy (non-hydrogen) atoms. The van der Waals surface area contributed by atoms with Gasteiger partial charge in [-0.1, -0.05) is 0 Å². The highest BCUT2D eigenvalue weighted by atomic mass is 79.9. The van der Waals surface area contributed by atoms with Gasteiger partial charge in [0.25, 0.3) is 0 Å². The Morgan fingerprint density at radius 2 is 2.17 bits per heavy atom. The van der Waals surface area contributed by atoms with Gasteiger partial charge in [0.15, 0.2) is 0 Å². The molecule has 0 spiro atoms. The molecule has 0 radical (unpaired) electrons. The lowest BCUT2D eigenvalue weighted by Gasteiger charge is -2.10. The fourth-order valence-electron chi connectivity index (χ4n) is 0.839. The molecule has 0 aromatic carbocycles. The zero-order valence-corrected chi connectivity index (χ0v) is 10.1. The van der Waals surface area contributed by atoms with Gasteiger partial charge in [-0.15, -0.1) is 0 Å². The third-order valence-corrected chi connectivity index (χ3v) is 3.52. The summed E-state index contributed by atoms with van der Waals surface area (Å²) in [4.78, 5) is 4.18. The summed E-state index contributed by atoms with van der Waals surface area (Å²) >= 11 is 6.73. The molecule has 0 saturated carbocycles. The third kappa shape index (κ3) is 2.28. The molecule has 0 amide bonds. The summed E-state index contributed by atoms with van der Waals surface area (Å²) in [7, 11) is 1.93. The van der Waals surface area contributed by atoms with Crippen molar-refractivity contribution in [3.05, 3.63) is 26.9 Å². The van der Waals surface area contributed by atoms with Crippen LogP contribution in [0.4, 0.5) is 0 Å². The Hall–Kier alpha value is 0.0700. The van der Waals surface area contributed by atoms with Crippen molar-refractivity contribution in [2.24, 2.45) is 0 Å². The highest BCUT2D eigenvalue weighted by Crippen LogP contribution is 2.23. The standard InChI is InChI=1S/C8H10Br2N2/c1-5(11-2)6-3-7(9)8(10)12-4-6/h3-5,11H,1-2H3. The Balaban J connectivity index is 2.96. The van der Waals surface area contributed by atoms with Gasteiger partial charge >= 0.3 is 0 Å². The van der Waals surface area contributed by atoms with Crippen molar-refractivity contribution in [1.29, 1.82) is 0 Å². The summed E-state index contributed by atoms with van der Waals surface area (Å²) in [5.74, 6) is 0. The minimum Gasteiger partial charge on any atom is -0.313 e. The van der Waals surface area contributed by atoms with Crippen LogP contribution in [0.1, 0.15) is 18.5 Å². The molecule has 0 aliphatic rings. The Labute approximate surface area is 89.0 Å². The molecule has 0 bridgehead atoms. The molecule has 1 N–H and O–H groups in total. The third-order valence-electron chi connectivity index (χ3n) is 1.75. The van der Waals surface area contributed by atoms with E-state index >= 15 is 0 Å². The van der Waals surface area contributed by atoms with E-state index in [0.29, 0.717) is 6.04 Å². The largest absolute Gasteiger partial charge is 0.313 e. The quantitative estimate of drug-likeness (QED) is 0.848. The van der Waals surface area contributed by atoms with Crippen LogP contribution in [0, 0.1) is 0 Å². The lowest BCUT2D eigenvalue weighted by molar-refractivity contribution is 0.649. The molecular weight excluding hydrogens is 284 g/mol. The van der Waals surface area contributed by atoms with Gasteiger partial charge in [-0.05, 0) is 57.5 Å². The van der Waals surface area contributed by atoms with Crippen LogP contribution in [0.15, 0.2) is 21.3 Å². The summed E-state index contributed by atoms with van der Waals surface area (Å²) < 4.78 is 1.83. The van der Waals surface area contributed by atoms with Gasteiger partial charge in [0.2, 0.25) is 0 Å². The second kappa shape index (κ2) is 4.35. The first kappa shape index (κ1) is 10.2. The van der Waals surface area contributed by atoms with Crippen molar-refractivity contribution in [1.82, 2.24) is 10.3 Å². The minimum absolute atomic E-state index is 0.335. The number of halogens is 2. The van der Waals surface area contributed by atoms with E-state index in [9.17, 15) is 0 Å². The first-order valence-corrected chi connectivity index (χ1v) is 5.22. The normalized spacial score (nSPS) is 13.0. The van der Waals surface area contributed by atoms with Crippen molar-refractivity contribution < 1.29 is 0 Å². The SMILES string of the molecule is CNC(C)c1cnc(Br)c(Br)c1. The van der Waals surface area contributed by atoms with Gasteiger partial charge < -0.3 is 5.32 Å². The summed E-state index contributed by atoms with van der Waals surface area (Å²) in [6.07, 6.45) is 1.86. The van der Waals surface area contributed by atoms with E-state index in [1.165, 1.54) is 5.56 Å². The van der Waals surface area contributed by atoms with Crippen molar-refractivity contribution in [2.75, 3.05) is 7.05 Å². The zero-order valence-electron chi connectivity index (χ0n) is 6.94. The number of rotatable bonds is 2. The molecule has 66 valence electrons. The summed E-state index contributed by atoms with van der Waals surface area (Å²) in [6, 6.07) is 2.39. The van der Waals surface area contributed by atoms with Gasteiger partial charge in [-0.25, -0.2) is 4.98 Å². The average molecular weight is 294 g/mol. The van der Waals surface area contributed by atoms with Gasteiger partial charge in [0.1, 0.15) is 4.60 Å². The van der Waals surface area contributed by atoms with Crippen molar-refractivity contribution in [3.8, 4) is 0 Å². The second-order valence-electron chi connectivity index (χ2n) is 2.55. The van der Waals surface area contributed by atoms with Crippen LogP contribution in [0.25, 0.3) is 0 Å². The number of hydrogen-bond donors (Lipinski definition) is 1. The van der Waals surface area contributed by atoms with Crippen LogP contribution in [0.2, 0.25) is 0 Å². The van der Waals surface area contributed by atoms with Crippen LogP contribution in [0.5, 0.6) is 0 Å². The topological polar surface area (TPSA) is 24.9 Å². The van der Waals surface area contributed by atoms with Crippen LogP contribution in [0.3, 0.4) is 0 Å². The van der Waals surface area contributed by atoms with Gasteiger partial charge in [-0.2, -0.15) is 0 Å². The van der Waals surface area contributed by atoms with Crippen molar-refractivity contribution in [3.63, 3.8) is 0 Å². The van der Waals surface area contributed by atoms with E-state index in [2.05, 4.69) is 55.2 Å². The molecule has 1 heterocycles. The monoisotopic (exact) mass is 292 g/mol. The molecule has 4 heteroatoms. The Bertz CT molecular complexity index is 276. The fourth-order valence-corrected chi connectivity index (χ4v) is 1.42. The molecule has 1 aromatic heterocycles. The summed E-state index contributed by atoms with van der Waals surface area (Å²) in [5, 5.41) is 3.15. The van der Waals surface area contributed by atoms with Crippen molar-refractivity contribution >= 4 is 31.9 Å². The Morgan fingerprint density at radius 3 is 2.67 bits per heavy atom. The molecular formula is C8H10Br2N2. The van der Waals surface area contributed by atoms with E-state index in [-0.39, 0.29) is 0 Å². The van der Waals surface area contributed by atoms with E-state index in [1.54, 1.807) is 0 Å². The van der Waals surface area contributed by atoms with Crippen LogP contribution >= 0.6 is 31.9 Å². The maximum Gasteiger partial charge on any atom is 0.120 e. The molecule has 0 aliphatic carbocycles. The molecule has 1 rings (SSSR count). The van der Waals surface area contributed by atoms with Gasteiger partial charge in [0.05, 0.1) is 4.47 Å². The minimum atomic E-state index is 0.335. The Morgan fingerprint density at radius 1 is 1.50 bits per heavy atom. The van der Waals surface area contributed by atoms with Gasteiger partial charge in [-0.3, -0.25) is 0 Å². The van der Waals surface area contributed by atoms with Crippen molar-refractivity contribution in [2.45, 2.75) is 13.0 Å². The molecule has 1 aromatic rings. The summed E-state index contributed by atoms with van der Waals surface area (Å²) in [5.41, 5.74) is 1.17. The molecule has 1 unspecified atom stereocenters. The first-order chi connectivity index (χ1) is 5.65. The lowest BCUT2D eigenvalue weighted by atomic mass is 10.1. The Kier molecular flexibility index (Phi) is 3.68. The van der Waals surface area contributed by atoms with Crippen LogP contribution < -0.4 is 5.32 Å². The zero-order chi connectivity index (χ0) is 9.14. The maximum atomic E-state index is 4.18. The lowest BCUT2D eigenvalue weighted by Crippen LogP contribution is -2.12. The second-order valence-corrected chi connectivity index (χ2v) is 4.16. The predicted molar refractivity (Wildman–Crippen MR) is 57.1 cm³/mol. The fraction of sp³-hybridized carbons (Fsp3) is 0.375. The van der Waals surface area contributed by atoms with E-state index in [4.69, 9.17) is 0 Å². The highest BCUT2D eigenvalue weighted by Gasteiger charge is 2.05. The molecule has 1 atom stereocenters. The average Bonchev–Trinajstić information content (AvgIpc) is 2.08. The number of aromatic nitrogens is 1. The van der Waals surface area contributed by atoms with Crippen LogP contribution in [-0.4, -0.2) is 12.0 Å². The van der Waals surface area contributed by atoms with E-state index in [0.717, 1.165) is 9.08 Å². The van der Waals surface area contributed by atoms with Crippen LogP contribution in [-0.2, 0) is 0 Å². The molecule has 2 nitrogen and oxygen atoms in total. The number of nitrogens with zero attached hydrogens (tertiary/aromatic N) is 1. The maximum absolute atomic E-state index is 4.18.